The monoisotopic (exact) mass is 977 g/mol. The fourth-order valence-electron chi connectivity index (χ4n) is 5.98. The van der Waals surface area contributed by atoms with Crippen LogP contribution in [0.25, 0.3) is 0 Å². The van der Waals surface area contributed by atoms with E-state index in [1.54, 1.807) is 90.0 Å². The van der Waals surface area contributed by atoms with Gasteiger partial charge in [0.05, 0.1) is 33.0 Å². The second-order valence-corrected chi connectivity index (χ2v) is 20.8. The quantitative estimate of drug-likeness (QED) is 0.0807. The second kappa shape index (κ2) is 27.9. The highest BCUT2D eigenvalue weighted by Crippen LogP contribution is 2.24. The van der Waals surface area contributed by atoms with Gasteiger partial charge in [0.25, 0.3) is 0 Å². The normalized spacial score (nSPS) is 24.3. The number of imide groups is 2. The molecule has 4 amide bonds. The van der Waals surface area contributed by atoms with Gasteiger partial charge >= 0.3 is 36.3 Å². The maximum absolute atomic E-state index is 13.3. The van der Waals surface area contributed by atoms with Crippen molar-refractivity contribution >= 4 is 36.3 Å². The van der Waals surface area contributed by atoms with Crippen LogP contribution in [-0.4, -0.2) is 169 Å². The molecule has 0 unspecified atom stereocenters. The first-order valence-corrected chi connectivity index (χ1v) is 23.5. The number of cyclic esters (lactones) is 2. The Morgan fingerprint density at radius 1 is 0.588 bits per heavy atom. The number of carbonyl (C=O) groups is 6. The van der Waals surface area contributed by atoms with E-state index in [1.807, 2.05) is 13.8 Å². The molecule has 2 saturated heterocycles. The van der Waals surface area contributed by atoms with Crippen molar-refractivity contribution in [1.82, 2.24) is 9.80 Å². The Kier molecular flexibility index (Phi) is 25.4. The fourth-order valence-corrected chi connectivity index (χ4v) is 5.98. The highest BCUT2D eigenvalue weighted by atomic mass is 16.6. The molecule has 20 heteroatoms. The van der Waals surface area contributed by atoms with Gasteiger partial charge < -0.3 is 57.2 Å². The number of hydrogen-bond donors (Lipinski definition) is 1. The number of nitrogens with zero attached hydrogens (tertiary/aromatic N) is 2. The van der Waals surface area contributed by atoms with Crippen molar-refractivity contribution in [3.63, 3.8) is 0 Å². The van der Waals surface area contributed by atoms with Crippen LogP contribution in [0.1, 0.15) is 143 Å². The van der Waals surface area contributed by atoms with Crippen molar-refractivity contribution in [1.29, 1.82) is 0 Å². The summed E-state index contributed by atoms with van der Waals surface area (Å²) in [5.41, 5.74) is -2.91. The van der Waals surface area contributed by atoms with Crippen LogP contribution >= 0.6 is 0 Å². The molecular weight excluding hydrogens is 893 g/mol. The van der Waals surface area contributed by atoms with Gasteiger partial charge in [-0.25, -0.2) is 28.8 Å². The van der Waals surface area contributed by atoms with Gasteiger partial charge in [0.2, 0.25) is 0 Å². The summed E-state index contributed by atoms with van der Waals surface area (Å²) in [4.78, 5) is 79.2. The lowest BCUT2D eigenvalue weighted by Crippen LogP contribution is -2.54. The van der Waals surface area contributed by atoms with E-state index in [9.17, 15) is 33.9 Å². The highest BCUT2D eigenvalue weighted by Gasteiger charge is 2.46. The predicted octanol–water partition coefficient (Wildman–Crippen LogP) is 7.67. The van der Waals surface area contributed by atoms with Crippen molar-refractivity contribution < 1.29 is 86.0 Å². The molecule has 68 heavy (non-hydrogen) atoms. The van der Waals surface area contributed by atoms with Crippen LogP contribution in [0.5, 0.6) is 0 Å². The van der Waals surface area contributed by atoms with Crippen LogP contribution in [0, 0.1) is 0 Å². The van der Waals surface area contributed by atoms with E-state index in [1.165, 1.54) is 6.92 Å². The molecule has 1 N–H and O–H groups in total. The fraction of sp³-hybridized carbons (Fsp3) is 0.833. The lowest BCUT2D eigenvalue weighted by atomic mass is 10.1. The number of esters is 2. The number of carbonyl (C=O) groups excluding carboxylic acids is 6. The van der Waals surface area contributed by atoms with E-state index in [2.05, 4.69) is 13.5 Å². The molecule has 0 radical (unpaired) electrons. The Labute approximate surface area is 404 Å². The van der Waals surface area contributed by atoms with E-state index in [0.717, 1.165) is 31.3 Å². The van der Waals surface area contributed by atoms with Gasteiger partial charge in [0.1, 0.15) is 59.0 Å². The van der Waals surface area contributed by atoms with Crippen molar-refractivity contribution in [2.24, 2.45) is 0 Å². The molecule has 8 atom stereocenters. The highest BCUT2D eigenvalue weighted by molar-refractivity contribution is 5.95. The number of rotatable bonds is 13. The van der Waals surface area contributed by atoms with Crippen LogP contribution < -0.4 is 0 Å². The first kappa shape index (κ1) is 61.9. The van der Waals surface area contributed by atoms with E-state index >= 15 is 0 Å². The first-order chi connectivity index (χ1) is 31.2. The van der Waals surface area contributed by atoms with Crippen molar-refractivity contribution in [3.8, 4) is 0 Å². The summed E-state index contributed by atoms with van der Waals surface area (Å²) in [6.45, 7) is 33.1. The zero-order chi connectivity index (χ0) is 52.4. The lowest BCUT2D eigenvalue weighted by Gasteiger charge is -2.32. The third kappa shape index (κ3) is 23.5. The van der Waals surface area contributed by atoms with E-state index in [0.29, 0.717) is 23.0 Å². The Bertz CT molecular complexity index is 1570. The molecule has 394 valence electrons. The van der Waals surface area contributed by atoms with Gasteiger partial charge in [0.15, 0.2) is 12.1 Å². The molecule has 0 aromatic rings. The minimum Gasteiger partial charge on any atom is -0.458 e. The summed E-state index contributed by atoms with van der Waals surface area (Å²) in [7, 11) is 0. The molecule has 20 nitrogen and oxygen atoms in total. The standard InChI is InChI=1S/C26H45NO9.C22H39NO9/c1-11-12-13-32-20-16-31-15-19(22(28)34-18(4)21(20)33-14-17(2)3)27(23(29)35-25(5,6)7)24(30)36-26(8,9)10;1-9-10-11-29-16-13-28-12-15(18(25)30-14(2)17(16)24)23(19(26)31-21(3,4)5)20(27)32-22(6,7)8/h18-21H,2,11-16H2,1,3-10H3;14-17,24H,9-13H2,1-8H3/t18-,19-,20-,21-;14-,15-,16-,17-/m00/s1. The average Bonchev–Trinajstić information content (AvgIpc) is 3.24. The lowest BCUT2D eigenvalue weighted by molar-refractivity contribution is -0.168. The molecule has 0 spiro atoms. The average molecular weight is 977 g/mol. The number of ether oxygens (including phenoxy) is 11. The van der Waals surface area contributed by atoms with Crippen LogP contribution in [0.4, 0.5) is 19.2 Å². The summed E-state index contributed by atoms with van der Waals surface area (Å²) < 4.78 is 61.6. The first-order valence-electron chi connectivity index (χ1n) is 23.5. The molecule has 2 aliphatic rings. The van der Waals surface area contributed by atoms with Crippen LogP contribution in [-0.2, 0) is 61.7 Å². The molecule has 2 fully saturated rings. The van der Waals surface area contributed by atoms with Gasteiger partial charge in [-0.3, -0.25) is 0 Å². The second-order valence-electron chi connectivity index (χ2n) is 20.8. The molecule has 2 heterocycles. The number of amides is 4. The van der Waals surface area contributed by atoms with Gasteiger partial charge in [-0.05, 0) is 117 Å². The van der Waals surface area contributed by atoms with Crippen molar-refractivity contribution in [2.75, 3.05) is 46.2 Å². The van der Waals surface area contributed by atoms with Crippen molar-refractivity contribution in [2.45, 2.75) is 214 Å². The van der Waals surface area contributed by atoms with E-state index in [4.69, 9.17) is 52.1 Å². The Hall–Kier alpha value is -4.08. The Morgan fingerprint density at radius 2 is 0.926 bits per heavy atom. The van der Waals surface area contributed by atoms with Gasteiger partial charge in [0, 0.05) is 13.2 Å². The maximum atomic E-state index is 13.3. The molecule has 0 saturated carbocycles. The Balaban J connectivity index is 0.000000685. The summed E-state index contributed by atoms with van der Waals surface area (Å²) in [6.07, 6.45) is -5.55. The number of aliphatic hydroxyl groups excluding tert-OH is 1. The molecule has 0 aliphatic carbocycles. The van der Waals surface area contributed by atoms with Crippen LogP contribution in [0.2, 0.25) is 0 Å². The largest absolute Gasteiger partial charge is 0.458 e. The third-order valence-corrected chi connectivity index (χ3v) is 9.12. The molecule has 0 aromatic heterocycles. The van der Waals surface area contributed by atoms with Gasteiger partial charge in [-0.1, -0.05) is 38.8 Å². The number of hydrogen-bond acceptors (Lipinski definition) is 18. The van der Waals surface area contributed by atoms with E-state index in [-0.39, 0.29) is 33.0 Å². The third-order valence-electron chi connectivity index (χ3n) is 9.12. The summed E-state index contributed by atoms with van der Waals surface area (Å²) in [5, 5.41) is 10.6. The topological polar surface area (TPSA) is 231 Å². The van der Waals surface area contributed by atoms with E-state index < -0.39 is 107 Å². The van der Waals surface area contributed by atoms with Gasteiger partial charge in [-0.15, -0.1) is 0 Å². The summed E-state index contributed by atoms with van der Waals surface area (Å²) in [6, 6.07) is -2.91. The minimum absolute atomic E-state index is 0.0541. The molecule has 2 aliphatic heterocycles. The smallest absolute Gasteiger partial charge is 0.420 e. The summed E-state index contributed by atoms with van der Waals surface area (Å²) >= 11 is 0. The number of aliphatic hydroxyl groups is 1. The predicted molar refractivity (Wildman–Crippen MR) is 249 cm³/mol. The molecule has 0 aromatic carbocycles. The minimum atomic E-state index is -1.47. The number of unbranched alkanes of at least 4 members (excludes halogenated alkanes) is 2. The zero-order valence-electron chi connectivity index (χ0n) is 43.9. The molecular formula is C48H84N2O18. The molecule has 0 bridgehead atoms. The molecule has 2 rings (SSSR count). The van der Waals surface area contributed by atoms with Gasteiger partial charge in [-0.2, -0.15) is 9.80 Å². The Morgan fingerprint density at radius 3 is 1.26 bits per heavy atom. The van der Waals surface area contributed by atoms with Crippen molar-refractivity contribution in [3.05, 3.63) is 12.2 Å². The van der Waals surface area contributed by atoms with Crippen LogP contribution in [0.3, 0.4) is 0 Å². The summed E-state index contributed by atoms with van der Waals surface area (Å²) in [5.74, 6) is -1.78. The SMILES string of the molecule is C=C(C)CO[C@H]1[C@H](C)OC(=O)[C@@H](N(C(=O)OC(C)(C)C)C(=O)OC(C)(C)C)COC[C@@H]1OCCCC.CCCCO[C@H]1COC[C@H](N(C(=O)OC(C)(C)C)C(=O)OC(C)(C)C)C(=O)O[C@@H](C)[C@@H]1O. The van der Waals surface area contributed by atoms with Crippen LogP contribution in [0.15, 0.2) is 12.2 Å². The maximum Gasteiger partial charge on any atom is 0.420 e. The zero-order valence-corrected chi connectivity index (χ0v) is 43.9.